The Morgan fingerprint density at radius 2 is 1.97 bits per heavy atom. The molecule has 29 heavy (non-hydrogen) atoms. The summed E-state index contributed by atoms with van der Waals surface area (Å²) in [4.78, 5) is 29.1. The summed E-state index contributed by atoms with van der Waals surface area (Å²) in [6.45, 7) is 4.09. The third-order valence-electron chi connectivity index (χ3n) is 5.49. The second-order valence-electron chi connectivity index (χ2n) is 7.31. The molecule has 0 aliphatic carbocycles. The standard InChI is InChI=1S/C21H23N5O3/c27-21(17-13-24-18-4-2-1-3-16(17)18)26-8-5-15(14-26)29-20-19(22-6-7-23-20)25-9-11-28-12-10-25/h1-4,6-7,13,15,24H,5,8-12,14H2. The van der Waals surface area contributed by atoms with Gasteiger partial charge in [0, 0.05) is 55.5 Å². The average Bonchev–Trinajstić information content (AvgIpc) is 3.42. The number of amides is 1. The molecule has 1 atom stereocenters. The predicted molar refractivity (Wildman–Crippen MR) is 108 cm³/mol. The maximum absolute atomic E-state index is 13.0. The monoisotopic (exact) mass is 393 g/mol. The molecule has 1 aromatic carbocycles. The molecule has 2 aliphatic rings. The van der Waals surface area contributed by atoms with Crippen molar-refractivity contribution in [3.8, 4) is 5.88 Å². The van der Waals surface area contributed by atoms with Gasteiger partial charge in [-0.3, -0.25) is 4.79 Å². The first-order valence-corrected chi connectivity index (χ1v) is 9.95. The molecular weight excluding hydrogens is 370 g/mol. The van der Waals surface area contributed by atoms with Crippen LogP contribution >= 0.6 is 0 Å². The summed E-state index contributed by atoms with van der Waals surface area (Å²) in [5.74, 6) is 1.30. The molecule has 8 heteroatoms. The minimum absolute atomic E-state index is 0.0288. The van der Waals surface area contributed by atoms with Crippen molar-refractivity contribution < 1.29 is 14.3 Å². The summed E-state index contributed by atoms with van der Waals surface area (Å²) in [6.07, 6.45) is 5.79. The molecule has 8 nitrogen and oxygen atoms in total. The highest BCUT2D eigenvalue weighted by molar-refractivity contribution is 6.06. The lowest BCUT2D eigenvalue weighted by Crippen LogP contribution is -2.37. The van der Waals surface area contributed by atoms with E-state index < -0.39 is 0 Å². The molecule has 1 unspecified atom stereocenters. The number of carbonyl (C=O) groups excluding carboxylic acids is 1. The molecule has 1 amide bonds. The lowest BCUT2D eigenvalue weighted by molar-refractivity contribution is 0.0773. The Morgan fingerprint density at radius 3 is 2.86 bits per heavy atom. The summed E-state index contributed by atoms with van der Waals surface area (Å²) in [6, 6.07) is 7.85. The van der Waals surface area contributed by atoms with Crippen LogP contribution in [0.2, 0.25) is 0 Å². The number of nitrogens with zero attached hydrogens (tertiary/aromatic N) is 4. The number of rotatable bonds is 4. The van der Waals surface area contributed by atoms with Gasteiger partial charge < -0.3 is 24.3 Å². The number of nitrogens with one attached hydrogen (secondary N) is 1. The number of morpholine rings is 1. The molecule has 3 aromatic rings. The Labute approximate surface area is 168 Å². The van der Waals surface area contributed by atoms with Gasteiger partial charge in [-0.1, -0.05) is 18.2 Å². The second-order valence-corrected chi connectivity index (χ2v) is 7.31. The summed E-state index contributed by atoms with van der Waals surface area (Å²) < 4.78 is 11.6. The van der Waals surface area contributed by atoms with E-state index in [0.717, 1.165) is 36.2 Å². The van der Waals surface area contributed by atoms with Crippen molar-refractivity contribution in [3.63, 3.8) is 0 Å². The van der Waals surface area contributed by atoms with Gasteiger partial charge in [-0.2, -0.15) is 0 Å². The first-order chi connectivity index (χ1) is 14.3. The van der Waals surface area contributed by atoms with Crippen LogP contribution in [0.3, 0.4) is 0 Å². The summed E-state index contributed by atoms with van der Waals surface area (Å²) in [5.41, 5.74) is 1.67. The van der Waals surface area contributed by atoms with Crippen LogP contribution in [-0.4, -0.2) is 71.3 Å². The summed E-state index contributed by atoms with van der Waals surface area (Å²) in [5, 5.41) is 0.949. The average molecular weight is 393 g/mol. The van der Waals surface area contributed by atoms with E-state index in [-0.39, 0.29) is 12.0 Å². The molecule has 0 bridgehead atoms. The summed E-state index contributed by atoms with van der Waals surface area (Å²) in [7, 11) is 0. The molecular formula is C21H23N5O3. The lowest BCUT2D eigenvalue weighted by atomic mass is 10.1. The van der Waals surface area contributed by atoms with Crippen molar-refractivity contribution >= 4 is 22.6 Å². The minimum atomic E-state index is -0.0966. The molecule has 4 heterocycles. The number of fused-ring (bicyclic) bond motifs is 1. The molecule has 5 rings (SSSR count). The van der Waals surface area contributed by atoms with Crippen LogP contribution in [0.5, 0.6) is 5.88 Å². The fraction of sp³-hybridized carbons (Fsp3) is 0.381. The van der Waals surface area contributed by atoms with Crippen LogP contribution in [0.1, 0.15) is 16.8 Å². The van der Waals surface area contributed by atoms with Crippen molar-refractivity contribution in [1.82, 2.24) is 19.9 Å². The number of hydrogen-bond donors (Lipinski definition) is 1. The smallest absolute Gasteiger partial charge is 0.257 e. The molecule has 2 fully saturated rings. The van der Waals surface area contributed by atoms with Crippen molar-refractivity contribution in [2.75, 3.05) is 44.3 Å². The number of anilines is 1. The molecule has 2 saturated heterocycles. The number of likely N-dealkylation sites (tertiary alicyclic amines) is 1. The van der Waals surface area contributed by atoms with E-state index in [4.69, 9.17) is 9.47 Å². The van der Waals surface area contributed by atoms with Crippen LogP contribution in [0.4, 0.5) is 5.82 Å². The maximum Gasteiger partial charge on any atom is 0.257 e. The molecule has 1 N–H and O–H groups in total. The molecule has 0 spiro atoms. The molecule has 150 valence electrons. The minimum Gasteiger partial charge on any atom is -0.470 e. The zero-order chi connectivity index (χ0) is 19.6. The SMILES string of the molecule is O=C(c1c[nH]c2ccccc12)N1CCC(Oc2nccnc2N2CCOCC2)C1. The van der Waals surface area contributed by atoms with Gasteiger partial charge in [0.2, 0.25) is 0 Å². The number of ether oxygens (including phenoxy) is 2. The van der Waals surface area contributed by atoms with Crippen LogP contribution in [0.25, 0.3) is 10.9 Å². The fourth-order valence-corrected chi connectivity index (χ4v) is 3.98. The molecule has 0 radical (unpaired) electrons. The number of carbonyl (C=O) groups is 1. The maximum atomic E-state index is 13.0. The van der Waals surface area contributed by atoms with E-state index in [1.54, 1.807) is 18.6 Å². The van der Waals surface area contributed by atoms with E-state index in [2.05, 4.69) is 19.9 Å². The van der Waals surface area contributed by atoms with Crippen molar-refractivity contribution in [3.05, 3.63) is 48.4 Å². The van der Waals surface area contributed by atoms with E-state index in [1.165, 1.54) is 0 Å². The van der Waals surface area contributed by atoms with Crippen molar-refractivity contribution in [1.29, 1.82) is 0 Å². The Hall–Kier alpha value is -3.13. The van der Waals surface area contributed by atoms with Crippen LogP contribution in [-0.2, 0) is 4.74 Å². The predicted octanol–water partition coefficient (Wildman–Crippen LogP) is 2.09. The van der Waals surface area contributed by atoms with Crippen LogP contribution < -0.4 is 9.64 Å². The number of aromatic nitrogens is 3. The van der Waals surface area contributed by atoms with Gasteiger partial charge in [-0.15, -0.1) is 0 Å². The van der Waals surface area contributed by atoms with Crippen molar-refractivity contribution in [2.45, 2.75) is 12.5 Å². The van der Waals surface area contributed by atoms with Gasteiger partial charge in [0.25, 0.3) is 11.8 Å². The zero-order valence-electron chi connectivity index (χ0n) is 16.1. The van der Waals surface area contributed by atoms with Gasteiger partial charge in [0.1, 0.15) is 6.10 Å². The highest BCUT2D eigenvalue weighted by atomic mass is 16.5. The Balaban J connectivity index is 1.29. The number of H-pyrrole nitrogens is 1. The highest BCUT2D eigenvalue weighted by Crippen LogP contribution is 2.27. The largest absolute Gasteiger partial charge is 0.470 e. The summed E-state index contributed by atoms with van der Waals surface area (Å²) >= 11 is 0. The van der Waals surface area contributed by atoms with Gasteiger partial charge in [0.15, 0.2) is 5.82 Å². The third kappa shape index (κ3) is 3.51. The van der Waals surface area contributed by atoms with E-state index in [0.29, 0.717) is 37.7 Å². The van der Waals surface area contributed by atoms with Gasteiger partial charge in [-0.05, 0) is 6.07 Å². The number of aromatic amines is 1. The fourth-order valence-electron chi connectivity index (χ4n) is 3.98. The highest BCUT2D eigenvalue weighted by Gasteiger charge is 2.31. The second kappa shape index (κ2) is 7.71. The normalized spacial score (nSPS) is 19.7. The molecule has 0 saturated carbocycles. The topological polar surface area (TPSA) is 83.6 Å². The lowest BCUT2D eigenvalue weighted by Gasteiger charge is -2.29. The van der Waals surface area contributed by atoms with Gasteiger partial charge >= 0.3 is 0 Å². The Kier molecular flexibility index (Phi) is 4.77. The van der Waals surface area contributed by atoms with E-state index >= 15 is 0 Å². The number of para-hydroxylation sites is 1. The quantitative estimate of drug-likeness (QED) is 0.731. The van der Waals surface area contributed by atoms with E-state index in [9.17, 15) is 4.79 Å². The Bertz CT molecular complexity index is 1010. The zero-order valence-corrected chi connectivity index (χ0v) is 16.1. The Morgan fingerprint density at radius 1 is 1.14 bits per heavy atom. The van der Waals surface area contributed by atoms with Gasteiger partial charge in [0.05, 0.1) is 25.3 Å². The number of hydrogen-bond acceptors (Lipinski definition) is 6. The van der Waals surface area contributed by atoms with Crippen molar-refractivity contribution in [2.24, 2.45) is 0 Å². The number of benzene rings is 1. The van der Waals surface area contributed by atoms with Gasteiger partial charge in [-0.25, -0.2) is 9.97 Å². The van der Waals surface area contributed by atoms with Crippen LogP contribution in [0, 0.1) is 0 Å². The molecule has 2 aromatic heterocycles. The third-order valence-corrected chi connectivity index (χ3v) is 5.49. The molecule has 2 aliphatic heterocycles. The first kappa shape index (κ1) is 17.9. The first-order valence-electron chi connectivity index (χ1n) is 9.95. The van der Waals surface area contributed by atoms with E-state index in [1.807, 2.05) is 29.2 Å². The van der Waals surface area contributed by atoms with Crippen LogP contribution in [0.15, 0.2) is 42.9 Å².